The van der Waals surface area contributed by atoms with Gasteiger partial charge in [-0.3, -0.25) is 0 Å². The maximum Gasteiger partial charge on any atom is 0.240 e. The summed E-state index contributed by atoms with van der Waals surface area (Å²) in [6.45, 7) is 0. The molecule has 1 N–H and O–H groups in total. The fourth-order valence-electron chi connectivity index (χ4n) is 1.73. The van der Waals surface area contributed by atoms with Gasteiger partial charge in [-0.15, -0.1) is 0 Å². The topological polar surface area (TPSA) is 89.5 Å². The van der Waals surface area contributed by atoms with Crippen LogP contribution in [0.5, 0.6) is 11.5 Å². The molecule has 2 rings (SSSR count). The molecule has 9 heteroatoms. The zero-order chi connectivity index (χ0) is 17.3. The van der Waals surface area contributed by atoms with Gasteiger partial charge in [0.05, 0.1) is 14.8 Å². The van der Waals surface area contributed by atoms with Crippen LogP contribution in [-0.2, 0) is 19.9 Å². The first kappa shape index (κ1) is 17.7. The molecule has 0 radical (unpaired) electrons. The normalized spacial score (nSPS) is 12.1. The van der Waals surface area contributed by atoms with E-state index in [1.165, 1.54) is 49.5 Å². The fourth-order valence-corrected chi connectivity index (χ4v) is 3.40. The molecule has 0 aliphatic heterocycles. The van der Waals surface area contributed by atoms with Gasteiger partial charge >= 0.3 is 0 Å². The van der Waals surface area contributed by atoms with Crippen molar-refractivity contribution in [1.82, 2.24) is 4.72 Å². The highest BCUT2D eigenvalue weighted by Crippen LogP contribution is 2.31. The number of sulfonamides is 1. The van der Waals surface area contributed by atoms with Gasteiger partial charge in [0.15, 0.2) is 9.84 Å². The van der Waals surface area contributed by atoms with Crippen LogP contribution in [-0.4, -0.2) is 30.1 Å². The summed E-state index contributed by atoms with van der Waals surface area (Å²) in [5.41, 5.74) is 0. The van der Waals surface area contributed by atoms with Crippen molar-refractivity contribution in [1.29, 1.82) is 0 Å². The Morgan fingerprint density at radius 1 is 0.957 bits per heavy atom. The molecular weight excluding hydrogens is 362 g/mol. The lowest BCUT2D eigenvalue weighted by atomic mass is 10.3. The number of rotatable bonds is 5. The third kappa shape index (κ3) is 4.23. The van der Waals surface area contributed by atoms with Crippen molar-refractivity contribution in [3.05, 3.63) is 47.5 Å². The van der Waals surface area contributed by atoms with Crippen molar-refractivity contribution in [3.8, 4) is 11.5 Å². The molecule has 0 unspecified atom stereocenters. The quantitative estimate of drug-likeness (QED) is 0.866. The Kier molecular flexibility index (Phi) is 5.00. The zero-order valence-electron chi connectivity index (χ0n) is 12.3. The predicted octanol–water partition coefficient (Wildman–Crippen LogP) is 2.44. The smallest absolute Gasteiger partial charge is 0.240 e. The number of benzene rings is 2. The second-order valence-electron chi connectivity index (χ2n) is 4.65. The molecule has 0 saturated carbocycles. The van der Waals surface area contributed by atoms with E-state index < -0.39 is 19.9 Å². The average molecular weight is 376 g/mol. The molecule has 23 heavy (non-hydrogen) atoms. The van der Waals surface area contributed by atoms with Gasteiger partial charge in [0.1, 0.15) is 11.5 Å². The van der Waals surface area contributed by atoms with Crippen LogP contribution in [0.25, 0.3) is 0 Å². The van der Waals surface area contributed by atoms with Crippen LogP contribution >= 0.6 is 11.6 Å². The Morgan fingerprint density at radius 3 is 2.00 bits per heavy atom. The highest BCUT2D eigenvalue weighted by molar-refractivity contribution is 7.90. The van der Waals surface area contributed by atoms with Gasteiger partial charge < -0.3 is 4.74 Å². The number of halogens is 1. The molecule has 0 saturated heterocycles. The standard InChI is InChI=1S/C14H14ClNO5S2/c1-16-23(19,20)12-7-8-14(13(15)9-12)21-10-3-5-11(6-4-10)22(2,17)18/h3-9,16H,1-2H3. The van der Waals surface area contributed by atoms with Crippen LogP contribution < -0.4 is 9.46 Å². The summed E-state index contributed by atoms with van der Waals surface area (Å²) >= 11 is 6.03. The van der Waals surface area contributed by atoms with Crippen LogP contribution in [0, 0.1) is 0 Å². The SMILES string of the molecule is CNS(=O)(=O)c1ccc(Oc2ccc(S(C)(=O)=O)cc2)c(Cl)c1. The summed E-state index contributed by atoms with van der Waals surface area (Å²) < 4.78 is 53.9. The molecule has 0 aliphatic rings. The minimum Gasteiger partial charge on any atom is -0.456 e. The Morgan fingerprint density at radius 2 is 1.52 bits per heavy atom. The molecule has 0 fully saturated rings. The minimum absolute atomic E-state index is 0.0183. The molecule has 0 aromatic heterocycles. The van der Waals surface area contributed by atoms with Crippen molar-refractivity contribution < 1.29 is 21.6 Å². The van der Waals surface area contributed by atoms with E-state index in [9.17, 15) is 16.8 Å². The summed E-state index contributed by atoms with van der Waals surface area (Å²) in [5.74, 6) is 0.636. The van der Waals surface area contributed by atoms with E-state index in [1.807, 2.05) is 0 Å². The summed E-state index contributed by atoms with van der Waals surface area (Å²) in [7, 11) is -5.57. The first-order valence-electron chi connectivity index (χ1n) is 6.34. The third-order valence-electron chi connectivity index (χ3n) is 2.96. The Balaban J connectivity index is 2.27. The van der Waals surface area contributed by atoms with Gasteiger partial charge in [0, 0.05) is 6.26 Å². The summed E-state index contributed by atoms with van der Waals surface area (Å²) in [5, 5.41) is 0.119. The van der Waals surface area contributed by atoms with Crippen LogP contribution in [0.2, 0.25) is 5.02 Å². The number of nitrogens with one attached hydrogen (secondary N) is 1. The summed E-state index contributed by atoms with van der Waals surface area (Å²) in [6, 6.07) is 9.87. The fraction of sp³-hybridized carbons (Fsp3) is 0.143. The first-order valence-corrected chi connectivity index (χ1v) is 10.1. The maximum atomic E-state index is 11.7. The molecule has 0 bridgehead atoms. The van der Waals surface area contributed by atoms with Crippen LogP contribution in [0.15, 0.2) is 52.3 Å². The molecule has 0 amide bonds. The Hall–Kier alpha value is -1.61. The average Bonchev–Trinajstić information content (AvgIpc) is 2.49. The monoisotopic (exact) mass is 375 g/mol. The van der Waals surface area contributed by atoms with Gasteiger partial charge in [-0.1, -0.05) is 11.6 Å². The maximum absolute atomic E-state index is 11.7. The van der Waals surface area contributed by atoms with E-state index in [4.69, 9.17) is 16.3 Å². The van der Waals surface area contributed by atoms with E-state index in [2.05, 4.69) is 4.72 Å². The number of ether oxygens (including phenoxy) is 1. The highest BCUT2D eigenvalue weighted by atomic mass is 35.5. The van der Waals surface area contributed by atoms with Crippen molar-refractivity contribution >= 4 is 31.5 Å². The molecule has 0 aliphatic carbocycles. The zero-order valence-corrected chi connectivity index (χ0v) is 14.7. The highest BCUT2D eigenvalue weighted by Gasteiger charge is 2.14. The molecule has 2 aromatic rings. The molecule has 0 spiro atoms. The van der Waals surface area contributed by atoms with Crippen LogP contribution in [0.3, 0.4) is 0 Å². The number of hydrogen-bond acceptors (Lipinski definition) is 5. The molecular formula is C14H14ClNO5S2. The van der Waals surface area contributed by atoms with E-state index in [-0.39, 0.29) is 20.6 Å². The van der Waals surface area contributed by atoms with E-state index in [1.54, 1.807) is 0 Å². The van der Waals surface area contributed by atoms with Crippen molar-refractivity contribution in [3.63, 3.8) is 0 Å². The van der Waals surface area contributed by atoms with Crippen LogP contribution in [0.1, 0.15) is 0 Å². The Labute approximate surface area is 140 Å². The predicted molar refractivity (Wildman–Crippen MR) is 87.3 cm³/mol. The minimum atomic E-state index is -3.59. The van der Waals surface area contributed by atoms with Crippen molar-refractivity contribution in [2.24, 2.45) is 0 Å². The van der Waals surface area contributed by atoms with Gasteiger partial charge in [-0.2, -0.15) is 0 Å². The van der Waals surface area contributed by atoms with Crippen molar-refractivity contribution in [2.75, 3.05) is 13.3 Å². The largest absolute Gasteiger partial charge is 0.456 e. The van der Waals surface area contributed by atoms with E-state index in [0.717, 1.165) is 6.26 Å². The van der Waals surface area contributed by atoms with Crippen molar-refractivity contribution in [2.45, 2.75) is 9.79 Å². The summed E-state index contributed by atoms with van der Waals surface area (Å²) in [4.78, 5) is 0.191. The molecule has 0 atom stereocenters. The van der Waals surface area contributed by atoms with E-state index in [0.29, 0.717) is 5.75 Å². The third-order valence-corrected chi connectivity index (χ3v) is 5.80. The molecule has 6 nitrogen and oxygen atoms in total. The van der Waals surface area contributed by atoms with Gasteiger partial charge in [-0.25, -0.2) is 21.6 Å². The van der Waals surface area contributed by atoms with Gasteiger partial charge in [0.25, 0.3) is 0 Å². The second kappa shape index (κ2) is 6.48. The summed E-state index contributed by atoms with van der Waals surface area (Å²) in [6.07, 6.45) is 1.11. The molecule has 2 aromatic carbocycles. The lowest BCUT2D eigenvalue weighted by Gasteiger charge is -2.10. The lowest BCUT2D eigenvalue weighted by molar-refractivity contribution is 0.482. The van der Waals surface area contributed by atoms with Crippen LogP contribution in [0.4, 0.5) is 0 Å². The van der Waals surface area contributed by atoms with Gasteiger partial charge in [0.2, 0.25) is 10.0 Å². The molecule has 124 valence electrons. The Bertz CT molecular complexity index is 922. The number of sulfone groups is 1. The van der Waals surface area contributed by atoms with Gasteiger partial charge in [-0.05, 0) is 49.5 Å². The first-order chi connectivity index (χ1) is 10.6. The number of hydrogen-bond donors (Lipinski definition) is 1. The second-order valence-corrected chi connectivity index (χ2v) is 8.95. The lowest BCUT2D eigenvalue weighted by Crippen LogP contribution is -2.18. The molecule has 0 heterocycles. The van der Waals surface area contributed by atoms with E-state index >= 15 is 0 Å².